The van der Waals surface area contributed by atoms with Crippen LogP contribution in [0.4, 0.5) is 13.2 Å². The van der Waals surface area contributed by atoms with Crippen LogP contribution in [0.5, 0.6) is 0 Å². The van der Waals surface area contributed by atoms with Crippen LogP contribution in [0.1, 0.15) is 50.2 Å². The molecular weight excluding hydrogens is 353 g/mol. The summed E-state index contributed by atoms with van der Waals surface area (Å²) in [6, 6.07) is 5.45. The number of benzene rings is 1. The number of allylic oxidation sites excluding steroid dienone is 4. The first kappa shape index (κ1) is 20.2. The average molecular weight is 380 g/mol. The molecule has 1 aromatic rings. The van der Waals surface area contributed by atoms with Gasteiger partial charge in [0.15, 0.2) is 6.29 Å². The second kappa shape index (κ2) is 9.07. The molecule has 0 amide bonds. The van der Waals surface area contributed by atoms with Gasteiger partial charge in [-0.15, -0.1) is 0 Å². The lowest BCUT2D eigenvalue weighted by molar-refractivity contribution is -0.225. The zero-order chi connectivity index (χ0) is 19.3. The fourth-order valence-corrected chi connectivity index (χ4v) is 3.73. The highest BCUT2D eigenvalue weighted by molar-refractivity contribution is 5.66. The van der Waals surface area contributed by atoms with Crippen molar-refractivity contribution >= 4 is 5.57 Å². The molecule has 1 saturated heterocycles. The zero-order valence-corrected chi connectivity index (χ0v) is 15.7. The van der Waals surface area contributed by atoms with Gasteiger partial charge in [-0.1, -0.05) is 30.4 Å². The summed E-state index contributed by atoms with van der Waals surface area (Å²) in [6.45, 7) is 3.52. The molecule has 1 aliphatic heterocycles. The van der Waals surface area contributed by atoms with E-state index in [2.05, 4.69) is 18.2 Å². The number of hydrogen-bond donors (Lipinski definition) is 0. The molecule has 1 fully saturated rings. The van der Waals surface area contributed by atoms with E-state index in [0.29, 0.717) is 11.8 Å². The minimum atomic E-state index is -4.29. The van der Waals surface area contributed by atoms with Crippen LogP contribution in [0.3, 0.4) is 0 Å². The van der Waals surface area contributed by atoms with Crippen LogP contribution in [-0.2, 0) is 15.7 Å². The molecule has 2 aliphatic rings. The van der Waals surface area contributed by atoms with Crippen molar-refractivity contribution in [1.82, 2.24) is 0 Å². The predicted octanol–water partition coefficient (Wildman–Crippen LogP) is 6.23. The average Bonchev–Trinajstić information content (AvgIpc) is 2.68. The van der Waals surface area contributed by atoms with Crippen molar-refractivity contribution < 1.29 is 22.6 Å². The molecule has 1 heterocycles. The zero-order valence-electron chi connectivity index (χ0n) is 15.7. The molecule has 1 aliphatic carbocycles. The van der Waals surface area contributed by atoms with Crippen LogP contribution in [-0.4, -0.2) is 19.5 Å². The van der Waals surface area contributed by atoms with E-state index in [4.69, 9.17) is 9.47 Å². The fraction of sp³-hybridized carbons (Fsp3) is 0.545. The van der Waals surface area contributed by atoms with Crippen molar-refractivity contribution in [2.75, 3.05) is 13.2 Å². The number of halogens is 3. The van der Waals surface area contributed by atoms with E-state index in [1.807, 2.05) is 6.92 Å². The summed E-state index contributed by atoms with van der Waals surface area (Å²) in [7, 11) is 0. The molecule has 0 bridgehead atoms. The molecule has 148 valence electrons. The van der Waals surface area contributed by atoms with Gasteiger partial charge in [-0.25, -0.2) is 0 Å². The lowest BCUT2D eigenvalue weighted by Gasteiger charge is -2.35. The Morgan fingerprint density at radius 2 is 1.81 bits per heavy atom. The Morgan fingerprint density at radius 1 is 1.11 bits per heavy atom. The fourth-order valence-electron chi connectivity index (χ4n) is 3.73. The summed E-state index contributed by atoms with van der Waals surface area (Å²) in [5, 5.41) is 0. The Kier molecular flexibility index (Phi) is 6.77. The first-order valence-corrected chi connectivity index (χ1v) is 9.68. The maximum absolute atomic E-state index is 12.7. The summed E-state index contributed by atoms with van der Waals surface area (Å²) in [4.78, 5) is 0. The Hall–Kier alpha value is -1.59. The summed E-state index contributed by atoms with van der Waals surface area (Å²) >= 11 is 0. The van der Waals surface area contributed by atoms with Crippen molar-refractivity contribution in [2.24, 2.45) is 11.8 Å². The molecule has 0 radical (unpaired) electrons. The highest BCUT2D eigenvalue weighted by Gasteiger charge is 2.31. The van der Waals surface area contributed by atoms with Gasteiger partial charge in [0, 0.05) is 11.8 Å². The largest absolute Gasteiger partial charge is 0.416 e. The molecule has 1 unspecified atom stereocenters. The Labute approximate surface area is 159 Å². The van der Waals surface area contributed by atoms with Gasteiger partial charge in [-0.3, -0.25) is 0 Å². The van der Waals surface area contributed by atoms with Gasteiger partial charge < -0.3 is 9.47 Å². The minimum absolute atomic E-state index is 0.159. The lowest BCUT2D eigenvalue weighted by atomic mass is 9.85. The quantitative estimate of drug-likeness (QED) is 0.564. The lowest BCUT2D eigenvalue weighted by Crippen LogP contribution is -2.37. The maximum Gasteiger partial charge on any atom is 0.416 e. The molecule has 3 rings (SSSR count). The Balaban J connectivity index is 1.50. The topological polar surface area (TPSA) is 18.5 Å². The minimum Gasteiger partial charge on any atom is -0.352 e. The van der Waals surface area contributed by atoms with Crippen molar-refractivity contribution in [3.05, 3.63) is 53.6 Å². The SMILES string of the molecule is C/C=C/CCC1COC(C2CC=C(c3ccc(C(F)(F)F)cc3)CC2)OC1. The van der Waals surface area contributed by atoms with Crippen LogP contribution in [0.2, 0.25) is 0 Å². The molecule has 0 spiro atoms. The van der Waals surface area contributed by atoms with E-state index in [0.717, 1.165) is 68.6 Å². The molecule has 27 heavy (non-hydrogen) atoms. The van der Waals surface area contributed by atoms with Crippen LogP contribution < -0.4 is 0 Å². The van der Waals surface area contributed by atoms with Crippen LogP contribution >= 0.6 is 0 Å². The monoisotopic (exact) mass is 380 g/mol. The van der Waals surface area contributed by atoms with E-state index < -0.39 is 11.7 Å². The van der Waals surface area contributed by atoms with Gasteiger partial charge in [0.1, 0.15) is 0 Å². The number of ether oxygens (including phenoxy) is 2. The van der Waals surface area contributed by atoms with Gasteiger partial charge in [0.05, 0.1) is 18.8 Å². The molecule has 2 nitrogen and oxygen atoms in total. The maximum atomic E-state index is 12.7. The third-order valence-corrected chi connectivity index (χ3v) is 5.39. The van der Waals surface area contributed by atoms with Gasteiger partial charge in [-0.05, 0) is 62.3 Å². The van der Waals surface area contributed by atoms with E-state index in [1.165, 1.54) is 0 Å². The molecule has 0 aromatic heterocycles. The summed E-state index contributed by atoms with van der Waals surface area (Å²) in [5.74, 6) is 0.777. The Morgan fingerprint density at radius 3 is 2.37 bits per heavy atom. The van der Waals surface area contributed by atoms with Crippen molar-refractivity contribution in [3.8, 4) is 0 Å². The van der Waals surface area contributed by atoms with Gasteiger partial charge in [0.2, 0.25) is 0 Å². The third kappa shape index (κ3) is 5.45. The standard InChI is InChI=1S/C22H27F3O2/c1-2-3-4-5-16-14-26-21(27-15-16)19-8-6-17(7-9-19)18-10-12-20(13-11-18)22(23,24)25/h2-3,6,10-13,16,19,21H,4-5,7-9,14-15H2,1H3/b3-2+. The van der Waals surface area contributed by atoms with Gasteiger partial charge in [-0.2, -0.15) is 13.2 Å². The van der Waals surface area contributed by atoms with Crippen molar-refractivity contribution in [2.45, 2.75) is 51.5 Å². The summed E-state index contributed by atoms with van der Waals surface area (Å²) in [5.41, 5.74) is 1.38. The van der Waals surface area contributed by atoms with Gasteiger partial charge in [0.25, 0.3) is 0 Å². The highest BCUT2D eigenvalue weighted by atomic mass is 19.4. The van der Waals surface area contributed by atoms with Crippen molar-refractivity contribution in [1.29, 1.82) is 0 Å². The van der Waals surface area contributed by atoms with E-state index >= 15 is 0 Å². The molecule has 1 aromatic carbocycles. The molecule has 5 heteroatoms. The van der Waals surface area contributed by atoms with Crippen LogP contribution in [0.25, 0.3) is 5.57 Å². The van der Waals surface area contributed by atoms with Crippen LogP contribution in [0, 0.1) is 11.8 Å². The molecule has 0 N–H and O–H groups in total. The number of rotatable bonds is 5. The third-order valence-electron chi connectivity index (χ3n) is 5.39. The number of alkyl halides is 3. The van der Waals surface area contributed by atoms with Crippen molar-refractivity contribution in [3.63, 3.8) is 0 Å². The summed E-state index contributed by atoms with van der Waals surface area (Å²) < 4.78 is 50.0. The summed E-state index contributed by atoms with van der Waals surface area (Å²) in [6.07, 6.45) is 6.66. The molecule has 1 atom stereocenters. The first-order chi connectivity index (χ1) is 13.0. The van der Waals surface area contributed by atoms with Crippen LogP contribution in [0.15, 0.2) is 42.5 Å². The number of hydrogen-bond acceptors (Lipinski definition) is 2. The first-order valence-electron chi connectivity index (χ1n) is 9.68. The normalized spacial score (nSPS) is 27.0. The molecular formula is C22H27F3O2. The van der Waals surface area contributed by atoms with E-state index in [1.54, 1.807) is 12.1 Å². The second-order valence-corrected chi connectivity index (χ2v) is 7.39. The van der Waals surface area contributed by atoms with Gasteiger partial charge >= 0.3 is 6.18 Å². The van der Waals surface area contributed by atoms with E-state index in [-0.39, 0.29) is 6.29 Å². The highest BCUT2D eigenvalue weighted by Crippen LogP contribution is 2.36. The predicted molar refractivity (Wildman–Crippen MR) is 100.0 cm³/mol. The Bertz CT molecular complexity index is 653. The molecule has 0 saturated carbocycles. The smallest absolute Gasteiger partial charge is 0.352 e. The van der Waals surface area contributed by atoms with E-state index in [9.17, 15) is 13.2 Å². The second-order valence-electron chi connectivity index (χ2n) is 7.39.